The van der Waals surface area contributed by atoms with Crippen molar-refractivity contribution in [3.63, 3.8) is 0 Å². The van der Waals surface area contributed by atoms with Gasteiger partial charge in [-0.3, -0.25) is 0 Å². The van der Waals surface area contributed by atoms with E-state index in [0.717, 1.165) is 0 Å². The quantitative estimate of drug-likeness (QED) is 0.730. The largest absolute Gasteiger partial charge is 0.480 e. The lowest BCUT2D eigenvalue weighted by atomic mass is 10.00. The number of nitrogens with one attached hydrogen (secondary N) is 1. The van der Waals surface area contributed by atoms with E-state index in [1.807, 2.05) is 6.92 Å². The first kappa shape index (κ1) is 15.7. The Kier molecular flexibility index (Phi) is 5.95. The average molecular weight is 246 g/mol. The van der Waals surface area contributed by atoms with Crippen molar-refractivity contribution in [1.29, 1.82) is 0 Å². The van der Waals surface area contributed by atoms with Gasteiger partial charge >= 0.3 is 12.0 Å². The van der Waals surface area contributed by atoms with E-state index in [1.165, 1.54) is 11.8 Å². The number of hydrogen-bond acceptors (Lipinski definition) is 3. The van der Waals surface area contributed by atoms with Crippen LogP contribution in [0.2, 0.25) is 0 Å². The van der Waals surface area contributed by atoms with Crippen molar-refractivity contribution in [3.8, 4) is 0 Å². The minimum Gasteiger partial charge on any atom is -0.480 e. The van der Waals surface area contributed by atoms with Crippen LogP contribution < -0.4 is 5.32 Å². The van der Waals surface area contributed by atoms with E-state index in [4.69, 9.17) is 9.84 Å². The van der Waals surface area contributed by atoms with Gasteiger partial charge in [0.25, 0.3) is 0 Å². The van der Waals surface area contributed by atoms with Crippen molar-refractivity contribution >= 4 is 12.0 Å². The Morgan fingerprint density at radius 2 is 2.06 bits per heavy atom. The van der Waals surface area contributed by atoms with E-state index >= 15 is 0 Å². The maximum Gasteiger partial charge on any atom is 0.329 e. The van der Waals surface area contributed by atoms with Gasteiger partial charge in [0.1, 0.15) is 5.54 Å². The number of carbonyl (C=O) groups excluding carboxylic acids is 1. The molecule has 17 heavy (non-hydrogen) atoms. The van der Waals surface area contributed by atoms with Crippen LogP contribution in [0.4, 0.5) is 4.79 Å². The van der Waals surface area contributed by atoms with Crippen LogP contribution >= 0.6 is 0 Å². The highest BCUT2D eigenvalue weighted by Crippen LogP contribution is 2.10. The predicted octanol–water partition coefficient (Wildman–Crippen LogP) is 0.916. The molecule has 100 valence electrons. The second kappa shape index (κ2) is 6.44. The molecule has 2 amide bonds. The van der Waals surface area contributed by atoms with Gasteiger partial charge in [-0.05, 0) is 20.3 Å². The predicted molar refractivity (Wildman–Crippen MR) is 64.0 cm³/mol. The molecule has 0 aromatic rings. The lowest BCUT2D eigenvalue weighted by Gasteiger charge is -2.30. The molecule has 6 heteroatoms. The summed E-state index contributed by atoms with van der Waals surface area (Å²) in [4.78, 5) is 24.3. The number of hydrogen-bond donors (Lipinski definition) is 2. The molecule has 0 aromatic carbocycles. The van der Waals surface area contributed by atoms with Crippen LogP contribution in [0.3, 0.4) is 0 Å². The highest BCUT2D eigenvalue weighted by molar-refractivity contribution is 5.85. The SMILES string of the molecule is CCC(C)(NC(=O)N(C)C(C)COC)C(=O)O. The molecular weight excluding hydrogens is 224 g/mol. The number of urea groups is 1. The third-order valence-corrected chi connectivity index (χ3v) is 2.95. The molecule has 0 aromatic heterocycles. The number of amides is 2. The van der Waals surface area contributed by atoms with Crippen molar-refractivity contribution in [1.82, 2.24) is 10.2 Å². The third kappa shape index (κ3) is 4.22. The van der Waals surface area contributed by atoms with E-state index < -0.39 is 17.5 Å². The van der Waals surface area contributed by atoms with Gasteiger partial charge < -0.3 is 20.1 Å². The Balaban J connectivity index is 4.57. The fourth-order valence-corrected chi connectivity index (χ4v) is 1.17. The molecule has 0 aliphatic carbocycles. The maximum atomic E-state index is 11.8. The fourth-order valence-electron chi connectivity index (χ4n) is 1.17. The van der Waals surface area contributed by atoms with Gasteiger partial charge in [-0.2, -0.15) is 0 Å². The number of nitrogens with zero attached hydrogens (tertiary/aromatic N) is 1. The van der Waals surface area contributed by atoms with Crippen molar-refractivity contribution in [2.75, 3.05) is 20.8 Å². The van der Waals surface area contributed by atoms with Gasteiger partial charge in [0.05, 0.1) is 12.6 Å². The van der Waals surface area contributed by atoms with E-state index in [-0.39, 0.29) is 6.04 Å². The highest BCUT2D eigenvalue weighted by atomic mass is 16.5. The molecular formula is C11H22N2O4. The molecule has 0 bridgehead atoms. The summed E-state index contributed by atoms with van der Waals surface area (Å²) in [7, 11) is 3.16. The molecule has 0 fully saturated rings. The molecule has 0 aliphatic heterocycles. The number of ether oxygens (including phenoxy) is 1. The van der Waals surface area contributed by atoms with Gasteiger partial charge in [-0.15, -0.1) is 0 Å². The first-order chi connectivity index (χ1) is 7.78. The molecule has 2 unspecified atom stereocenters. The molecule has 0 heterocycles. The van der Waals surface area contributed by atoms with Crippen molar-refractivity contribution < 1.29 is 19.4 Å². The van der Waals surface area contributed by atoms with Crippen LogP contribution in [-0.4, -0.2) is 54.4 Å². The summed E-state index contributed by atoms with van der Waals surface area (Å²) < 4.78 is 4.94. The number of carboxylic acids is 1. The molecule has 0 saturated carbocycles. The standard InChI is InChI=1S/C11H22N2O4/c1-6-11(3,9(14)15)12-10(16)13(4)8(2)7-17-5/h8H,6-7H2,1-5H3,(H,12,16)(H,14,15). The smallest absolute Gasteiger partial charge is 0.329 e. The number of rotatable bonds is 6. The summed E-state index contributed by atoms with van der Waals surface area (Å²) in [5.74, 6) is -1.04. The lowest BCUT2D eigenvalue weighted by Crippen LogP contribution is -2.56. The van der Waals surface area contributed by atoms with Crippen LogP contribution in [0, 0.1) is 0 Å². The Morgan fingerprint density at radius 1 is 1.53 bits per heavy atom. The molecule has 6 nitrogen and oxygen atoms in total. The van der Waals surface area contributed by atoms with Gasteiger partial charge in [0, 0.05) is 14.2 Å². The van der Waals surface area contributed by atoms with Gasteiger partial charge in [0.2, 0.25) is 0 Å². The first-order valence-electron chi connectivity index (χ1n) is 5.55. The summed E-state index contributed by atoms with van der Waals surface area (Å²) in [6.45, 7) is 5.43. The topological polar surface area (TPSA) is 78.9 Å². The maximum absolute atomic E-state index is 11.8. The number of aliphatic carboxylic acids is 1. The van der Waals surface area contributed by atoms with Crippen molar-refractivity contribution in [2.24, 2.45) is 0 Å². The normalized spacial score (nSPS) is 15.8. The molecule has 0 spiro atoms. The van der Waals surface area contributed by atoms with E-state index in [9.17, 15) is 9.59 Å². The Morgan fingerprint density at radius 3 is 2.41 bits per heavy atom. The highest BCUT2D eigenvalue weighted by Gasteiger charge is 2.34. The Labute approximate surface area is 102 Å². The van der Waals surface area contributed by atoms with Gasteiger partial charge in [0.15, 0.2) is 0 Å². The van der Waals surface area contributed by atoms with Crippen molar-refractivity contribution in [3.05, 3.63) is 0 Å². The zero-order valence-corrected chi connectivity index (χ0v) is 11.1. The van der Waals surface area contributed by atoms with Crippen LogP contribution in [0.15, 0.2) is 0 Å². The Bertz CT molecular complexity index is 283. The van der Waals surface area contributed by atoms with Crippen LogP contribution in [0.1, 0.15) is 27.2 Å². The second-order valence-electron chi connectivity index (χ2n) is 4.34. The molecule has 2 N–H and O–H groups in total. The summed E-state index contributed by atoms with van der Waals surface area (Å²) in [5, 5.41) is 11.6. The number of carboxylic acid groups (broad SMARTS) is 1. The van der Waals surface area contributed by atoms with Gasteiger partial charge in [-0.1, -0.05) is 6.92 Å². The van der Waals surface area contributed by atoms with Crippen LogP contribution in [0.5, 0.6) is 0 Å². The van der Waals surface area contributed by atoms with E-state index in [1.54, 1.807) is 21.1 Å². The summed E-state index contributed by atoms with van der Waals surface area (Å²) >= 11 is 0. The summed E-state index contributed by atoms with van der Waals surface area (Å²) in [6.07, 6.45) is 0.320. The molecule has 0 rings (SSSR count). The monoisotopic (exact) mass is 246 g/mol. The van der Waals surface area contributed by atoms with E-state index in [0.29, 0.717) is 13.0 Å². The average Bonchev–Trinajstić information content (AvgIpc) is 2.27. The molecule has 2 atom stereocenters. The number of methoxy groups -OCH3 is 1. The lowest BCUT2D eigenvalue weighted by molar-refractivity contribution is -0.143. The number of carbonyl (C=O) groups is 2. The summed E-state index contributed by atoms with van der Waals surface area (Å²) in [5.41, 5.74) is -1.24. The molecule has 0 saturated heterocycles. The van der Waals surface area contributed by atoms with E-state index in [2.05, 4.69) is 5.32 Å². The molecule has 0 radical (unpaired) electrons. The molecule has 0 aliphatic rings. The fraction of sp³-hybridized carbons (Fsp3) is 0.818. The van der Waals surface area contributed by atoms with Crippen molar-refractivity contribution in [2.45, 2.75) is 38.8 Å². The third-order valence-electron chi connectivity index (χ3n) is 2.95. The second-order valence-corrected chi connectivity index (χ2v) is 4.34. The first-order valence-corrected chi connectivity index (χ1v) is 5.55. The van der Waals surface area contributed by atoms with Crippen LogP contribution in [-0.2, 0) is 9.53 Å². The van der Waals surface area contributed by atoms with Crippen LogP contribution in [0.25, 0.3) is 0 Å². The zero-order valence-electron chi connectivity index (χ0n) is 11.1. The zero-order chi connectivity index (χ0) is 13.6. The minimum absolute atomic E-state index is 0.116. The Hall–Kier alpha value is -1.30. The number of likely N-dealkylation sites (N-methyl/N-ethyl adjacent to an activating group) is 1. The minimum atomic E-state index is -1.24. The van der Waals surface area contributed by atoms with Gasteiger partial charge in [-0.25, -0.2) is 9.59 Å². The summed E-state index contributed by atoms with van der Waals surface area (Å²) in [6, 6.07) is -0.531.